The molecule has 4 nitrogen and oxygen atoms in total. The van der Waals surface area contributed by atoms with E-state index in [2.05, 4.69) is 27.2 Å². The van der Waals surface area contributed by atoms with Gasteiger partial charge in [-0.25, -0.2) is 9.97 Å². The largest absolute Gasteiger partial charge is 0.370 e. The summed E-state index contributed by atoms with van der Waals surface area (Å²) < 4.78 is 0. The van der Waals surface area contributed by atoms with E-state index in [0.29, 0.717) is 0 Å². The first-order valence-electron chi connectivity index (χ1n) is 5.78. The summed E-state index contributed by atoms with van der Waals surface area (Å²) in [4.78, 5) is 12.7. The van der Waals surface area contributed by atoms with Gasteiger partial charge < -0.3 is 5.32 Å². The SMILES string of the molecule is CCCNc1cc(-c2ccc(C)nc2)ncn1. The minimum atomic E-state index is 0.859. The topological polar surface area (TPSA) is 50.7 Å². The van der Waals surface area contributed by atoms with Crippen LogP contribution in [0.15, 0.2) is 30.7 Å². The average Bonchev–Trinajstić information content (AvgIpc) is 2.37. The first-order valence-corrected chi connectivity index (χ1v) is 5.78. The molecule has 0 aromatic carbocycles. The number of hydrogen-bond acceptors (Lipinski definition) is 4. The second kappa shape index (κ2) is 5.39. The highest BCUT2D eigenvalue weighted by Gasteiger charge is 2.01. The standard InChI is InChI=1S/C13H16N4/c1-3-6-14-13-7-12(16-9-17-13)11-5-4-10(2)15-8-11/h4-5,7-9H,3,6H2,1-2H3,(H,14,16,17). The Morgan fingerprint density at radius 2 is 2.06 bits per heavy atom. The van der Waals surface area contributed by atoms with Crippen molar-refractivity contribution in [2.24, 2.45) is 0 Å². The van der Waals surface area contributed by atoms with Gasteiger partial charge in [-0.15, -0.1) is 0 Å². The van der Waals surface area contributed by atoms with E-state index in [0.717, 1.165) is 35.7 Å². The van der Waals surface area contributed by atoms with Crippen LogP contribution in [-0.4, -0.2) is 21.5 Å². The van der Waals surface area contributed by atoms with Gasteiger partial charge in [0.25, 0.3) is 0 Å². The van der Waals surface area contributed by atoms with Crippen LogP contribution in [0.2, 0.25) is 0 Å². The summed E-state index contributed by atoms with van der Waals surface area (Å²) in [5.41, 5.74) is 2.91. The molecule has 0 aliphatic heterocycles. The molecule has 0 atom stereocenters. The van der Waals surface area contributed by atoms with Gasteiger partial charge in [0.1, 0.15) is 12.1 Å². The molecule has 0 aliphatic carbocycles. The van der Waals surface area contributed by atoms with E-state index >= 15 is 0 Å². The lowest BCUT2D eigenvalue weighted by molar-refractivity contribution is 0.965. The summed E-state index contributed by atoms with van der Waals surface area (Å²) >= 11 is 0. The van der Waals surface area contributed by atoms with Crippen LogP contribution in [0.25, 0.3) is 11.3 Å². The third-order valence-corrected chi connectivity index (χ3v) is 2.43. The molecule has 0 saturated carbocycles. The molecule has 2 aromatic heterocycles. The molecular formula is C13H16N4. The van der Waals surface area contributed by atoms with E-state index < -0.39 is 0 Å². The highest BCUT2D eigenvalue weighted by molar-refractivity contribution is 5.61. The third-order valence-electron chi connectivity index (χ3n) is 2.43. The van der Waals surface area contributed by atoms with Gasteiger partial charge in [0, 0.05) is 30.1 Å². The van der Waals surface area contributed by atoms with E-state index in [-0.39, 0.29) is 0 Å². The Kier molecular flexibility index (Phi) is 3.65. The van der Waals surface area contributed by atoms with E-state index in [1.807, 2.05) is 31.3 Å². The summed E-state index contributed by atoms with van der Waals surface area (Å²) in [5.74, 6) is 0.859. The zero-order chi connectivity index (χ0) is 12.1. The van der Waals surface area contributed by atoms with Gasteiger partial charge in [-0.05, 0) is 25.5 Å². The van der Waals surface area contributed by atoms with Gasteiger partial charge in [-0.1, -0.05) is 6.92 Å². The maximum atomic E-state index is 4.27. The second-order valence-corrected chi connectivity index (χ2v) is 3.90. The molecule has 2 rings (SSSR count). The molecule has 0 amide bonds. The average molecular weight is 228 g/mol. The normalized spacial score (nSPS) is 10.2. The maximum absolute atomic E-state index is 4.27. The molecule has 0 spiro atoms. The van der Waals surface area contributed by atoms with Gasteiger partial charge in [-0.2, -0.15) is 0 Å². The van der Waals surface area contributed by atoms with Crippen molar-refractivity contribution < 1.29 is 0 Å². The van der Waals surface area contributed by atoms with Crippen molar-refractivity contribution in [1.82, 2.24) is 15.0 Å². The Bertz CT molecular complexity index is 479. The lowest BCUT2D eigenvalue weighted by Crippen LogP contribution is -2.02. The quantitative estimate of drug-likeness (QED) is 0.874. The number of aromatic nitrogens is 3. The summed E-state index contributed by atoms with van der Waals surface area (Å²) in [6.07, 6.45) is 4.49. The van der Waals surface area contributed by atoms with E-state index in [1.54, 1.807) is 6.33 Å². The fourth-order valence-electron chi connectivity index (χ4n) is 1.48. The van der Waals surface area contributed by atoms with Gasteiger partial charge in [0.05, 0.1) is 5.69 Å². The Labute approximate surface area is 101 Å². The molecule has 0 unspecified atom stereocenters. The molecule has 1 N–H and O–H groups in total. The Morgan fingerprint density at radius 3 is 2.76 bits per heavy atom. The van der Waals surface area contributed by atoms with Crippen LogP contribution in [-0.2, 0) is 0 Å². The van der Waals surface area contributed by atoms with E-state index in [4.69, 9.17) is 0 Å². The zero-order valence-electron chi connectivity index (χ0n) is 10.1. The van der Waals surface area contributed by atoms with E-state index in [9.17, 15) is 0 Å². The molecule has 17 heavy (non-hydrogen) atoms. The van der Waals surface area contributed by atoms with Crippen molar-refractivity contribution in [2.75, 3.05) is 11.9 Å². The smallest absolute Gasteiger partial charge is 0.129 e. The molecule has 2 aromatic rings. The highest BCUT2D eigenvalue weighted by atomic mass is 15.0. The second-order valence-electron chi connectivity index (χ2n) is 3.90. The van der Waals surface area contributed by atoms with Gasteiger partial charge in [0.15, 0.2) is 0 Å². The van der Waals surface area contributed by atoms with Crippen LogP contribution >= 0.6 is 0 Å². The van der Waals surface area contributed by atoms with Crippen molar-refractivity contribution in [3.63, 3.8) is 0 Å². The zero-order valence-corrected chi connectivity index (χ0v) is 10.1. The lowest BCUT2D eigenvalue weighted by Gasteiger charge is -2.05. The van der Waals surface area contributed by atoms with Crippen LogP contribution in [0.3, 0.4) is 0 Å². The van der Waals surface area contributed by atoms with Crippen molar-refractivity contribution in [1.29, 1.82) is 0 Å². The number of aryl methyl sites for hydroxylation is 1. The molecule has 0 radical (unpaired) electrons. The monoisotopic (exact) mass is 228 g/mol. The Balaban J connectivity index is 2.23. The Morgan fingerprint density at radius 1 is 1.18 bits per heavy atom. The summed E-state index contributed by atoms with van der Waals surface area (Å²) in [5, 5.41) is 3.24. The number of pyridine rings is 1. The molecular weight excluding hydrogens is 212 g/mol. The van der Waals surface area contributed by atoms with E-state index in [1.165, 1.54) is 0 Å². The number of anilines is 1. The number of hydrogen-bond donors (Lipinski definition) is 1. The van der Waals surface area contributed by atoms with Gasteiger partial charge in [-0.3, -0.25) is 4.98 Å². The summed E-state index contributed by atoms with van der Waals surface area (Å²) in [7, 11) is 0. The number of nitrogens with one attached hydrogen (secondary N) is 1. The first-order chi connectivity index (χ1) is 8.29. The lowest BCUT2D eigenvalue weighted by atomic mass is 10.2. The molecule has 0 aliphatic rings. The van der Waals surface area contributed by atoms with Crippen molar-refractivity contribution in [2.45, 2.75) is 20.3 Å². The predicted octanol–water partition coefficient (Wildman–Crippen LogP) is 2.67. The minimum absolute atomic E-state index is 0.859. The third kappa shape index (κ3) is 3.00. The molecule has 0 bridgehead atoms. The molecule has 2 heterocycles. The predicted molar refractivity (Wildman–Crippen MR) is 68.8 cm³/mol. The maximum Gasteiger partial charge on any atom is 0.129 e. The fourth-order valence-corrected chi connectivity index (χ4v) is 1.48. The van der Waals surface area contributed by atoms with Crippen molar-refractivity contribution in [3.8, 4) is 11.3 Å². The van der Waals surface area contributed by atoms with Crippen LogP contribution in [0.1, 0.15) is 19.0 Å². The first kappa shape index (κ1) is 11.5. The van der Waals surface area contributed by atoms with Crippen LogP contribution in [0.4, 0.5) is 5.82 Å². The molecule has 88 valence electrons. The summed E-state index contributed by atoms with van der Waals surface area (Å²) in [6, 6.07) is 5.95. The number of nitrogens with zero attached hydrogens (tertiary/aromatic N) is 3. The highest BCUT2D eigenvalue weighted by Crippen LogP contribution is 2.17. The van der Waals surface area contributed by atoms with Crippen LogP contribution in [0, 0.1) is 6.92 Å². The van der Waals surface area contributed by atoms with Crippen molar-refractivity contribution >= 4 is 5.82 Å². The molecule has 4 heteroatoms. The Hall–Kier alpha value is -1.97. The van der Waals surface area contributed by atoms with Crippen LogP contribution < -0.4 is 5.32 Å². The number of rotatable bonds is 4. The molecule has 0 saturated heterocycles. The van der Waals surface area contributed by atoms with Crippen molar-refractivity contribution in [3.05, 3.63) is 36.4 Å². The van der Waals surface area contributed by atoms with Gasteiger partial charge >= 0.3 is 0 Å². The summed E-state index contributed by atoms with van der Waals surface area (Å²) in [6.45, 7) is 5.01. The minimum Gasteiger partial charge on any atom is -0.370 e. The fraction of sp³-hybridized carbons (Fsp3) is 0.308. The molecule has 0 fully saturated rings. The van der Waals surface area contributed by atoms with Crippen LogP contribution in [0.5, 0.6) is 0 Å². The van der Waals surface area contributed by atoms with Gasteiger partial charge in [0.2, 0.25) is 0 Å².